The molecule has 0 aliphatic rings. The van der Waals surface area contributed by atoms with E-state index in [1.54, 1.807) is 42.3 Å². The average Bonchev–Trinajstić information content (AvgIpc) is 3.34. The molecule has 3 rings (SSSR count). The molecule has 3 aromatic rings. The molecule has 2 amide bonds. The van der Waals surface area contributed by atoms with Crippen LogP contribution in [0.3, 0.4) is 0 Å². The third-order valence-electron chi connectivity index (χ3n) is 5.54. The van der Waals surface area contributed by atoms with E-state index in [2.05, 4.69) is 10.2 Å². The number of nitrogens with zero attached hydrogens (tertiary/aromatic N) is 2. The maximum Gasteiger partial charge on any atom is 0.255 e. The number of halogens is 1. The van der Waals surface area contributed by atoms with Gasteiger partial charge in [-0.3, -0.25) is 14.7 Å². The van der Waals surface area contributed by atoms with Gasteiger partial charge in [0, 0.05) is 30.9 Å². The lowest BCUT2D eigenvalue weighted by Gasteiger charge is -2.15. The van der Waals surface area contributed by atoms with Crippen LogP contribution >= 0.6 is 0 Å². The maximum atomic E-state index is 13.4. The second kappa shape index (κ2) is 13.1. The standard InChI is InChI=1S/C27H31FN4O4/c1-32(27(34)13-11-19-10-12-24(25(15-19)35-2)36-18-26(29)33)14-5-3-4-9-22-17-23(31-30-22)20-7-6-8-21(28)16-20/h6-8,10-13,15-17H,3-5,9,14,18H2,1-2H3,(H2,29,33)(H,30,31)/b13-11+. The van der Waals surface area contributed by atoms with Crippen LogP contribution in [-0.2, 0) is 16.0 Å². The number of aromatic nitrogens is 2. The van der Waals surface area contributed by atoms with Gasteiger partial charge in [-0.05, 0) is 61.2 Å². The van der Waals surface area contributed by atoms with Crippen molar-refractivity contribution >= 4 is 17.9 Å². The van der Waals surface area contributed by atoms with Crippen LogP contribution in [-0.4, -0.2) is 54.2 Å². The van der Waals surface area contributed by atoms with Crippen LogP contribution in [0.4, 0.5) is 4.39 Å². The Morgan fingerprint density at radius 3 is 2.69 bits per heavy atom. The Morgan fingerprint density at radius 2 is 1.94 bits per heavy atom. The van der Waals surface area contributed by atoms with Crippen molar-refractivity contribution in [1.29, 1.82) is 0 Å². The van der Waals surface area contributed by atoms with E-state index in [0.29, 0.717) is 18.0 Å². The van der Waals surface area contributed by atoms with E-state index in [4.69, 9.17) is 15.2 Å². The molecule has 0 spiro atoms. The number of aryl methyl sites for hydroxylation is 1. The summed E-state index contributed by atoms with van der Waals surface area (Å²) in [6, 6.07) is 13.5. The average molecular weight is 495 g/mol. The van der Waals surface area contributed by atoms with Gasteiger partial charge in [-0.25, -0.2) is 4.39 Å². The van der Waals surface area contributed by atoms with Crippen molar-refractivity contribution in [2.24, 2.45) is 5.73 Å². The number of benzene rings is 2. The van der Waals surface area contributed by atoms with Gasteiger partial charge >= 0.3 is 0 Å². The highest BCUT2D eigenvalue weighted by Gasteiger charge is 2.09. The molecule has 0 unspecified atom stereocenters. The normalized spacial score (nSPS) is 11.0. The predicted octanol–water partition coefficient (Wildman–Crippen LogP) is 3.97. The Hall–Kier alpha value is -4.14. The highest BCUT2D eigenvalue weighted by molar-refractivity contribution is 5.91. The number of likely N-dealkylation sites (N-methyl/N-ethyl adjacent to an activating group) is 1. The van der Waals surface area contributed by atoms with E-state index in [0.717, 1.165) is 48.2 Å². The lowest BCUT2D eigenvalue weighted by atomic mass is 10.1. The number of methoxy groups -OCH3 is 1. The summed E-state index contributed by atoms with van der Waals surface area (Å²) in [5.74, 6) is -0.117. The highest BCUT2D eigenvalue weighted by Crippen LogP contribution is 2.28. The minimum absolute atomic E-state index is 0.101. The molecule has 9 heteroatoms. The summed E-state index contributed by atoms with van der Waals surface area (Å²) in [5, 5.41) is 7.28. The first-order valence-electron chi connectivity index (χ1n) is 11.7. The number of amides is 2. The zero-order valence-corrected chi connectivity index (χ0v) is 20.5. The molecule has 36 heavy (non-hydrogen) atoms. The van der Waals surface area contributed by atoms with Crippen LogP contribution in [0.2, 0.25) is 0 Å². The number of unbranched alkanes of at least 4 members (excludes halogenated alkanes) is 2. The van der Waals surface area contributed by atoms with Gasteiger partial charge in [0.25, 0.3) is 5.91 Å². The number of hydrogen-bond acceptors (Lipinski definition) is 5. The summed E-state index contributed by atoms with van der Waals surface area (Å²) in [6.07, 6.45) is 6.83. The predicted molar refractivity (Wildman–Crippen MR) is 136 cm³/mol. The van der Waals surface area contributed by atoms with Gasteiger partial charge in [0.05, 0.1) is 12.8 Å². The Balaban J connectivity index is 1.40. The molecule has 8 nitrogen and oxygen atoms in total. The first-order valence-corrected chi connectivity index (χ1v) is 11.7. The van der Waals surface area contributed by atoms with Crippen LogP contribution in [0, 0.1) is 5.82 Å². The summed E-state index contributed by atoms with van der Waals surface area (Å²) in [4.78, 5) is 25.0. The van der Waals surface area contributed by atoms with Crippen molar-refractivity contribution in [2.75, 3.05) is 27.3 Å². The van der Waals surface area contributed by atoms with Crippen molar-refractivity contribution < 1.29 is 23.5 Å². The number of rotatable bonds is 13. The maximum absolute atomic E-state index is 13.4. The molecular formula is C27H31FN4O4. The van der Waals surface area contributed by atoms with Crippen LogP contribution in [0.1, 0.15) is 30.5 Å². The molecule has 0 saturated carbocycles. The third-order valence-corrected chi connectivity index (χ3v) is 5.54. The quantitative estimate of drug-likeness (QED) is 0.276. The number of nitrogens with one attached hydrogen (secondary N) is 1. The van der Waals surface area contributed by atoms with Gasteiger partial charge in [-0.2, -0.15) is 5.10 Å². The summed E-state index contributed by atoms with van der Waals surface area (Å²) in [5.41, 5.74) is 8.34. The number of nitrogens with two attached hydrogens (primary N) is 1. The van der Waals surface area contributed by atoms with Gasteiger partial charge in [0.1, 0.15) is 5.82 Å². The van der Waals surface area contributed by atoms with Crippen molar-refractivity contribution in [3.8, 4) is 22.8 Å². The molecule has 0 aliphatic carbocycles. The van der Waals surface area contributed by atoms with Crippen molar-refractivity contribution in [2.45, 2.75) is 25.7 Å². The lowest BCUT2D eigenvalue weighted by molar-refractivity contribution is -0.124. The van der Waals surface area contributed by atoms with Gasteiger partial charge in [0.2, 0.25) is 5.91 Å². The Morgan fingerprint density at radius 1 is 1.11 bits per heavy atom. The highest BCUT2D eigenvalue weighted by atomic mass is 19.1. The van der Waals surface area contributed by atoms with Crippen LogP contribution in [0.15, 0.2) is 54.6 Å². The Kier molecular flexibility index (Phi) is 9.62. The zero-order valence-electron chi connectivity index (χ0n) is 20.5. The van der Waals surface area contributed by atoms with Gasteiger partial charge in [0.15, 0.2) is 18.1 Å². The summed E-state index contributed by atoms with van der Waals surface area (Å²) < 4.78 is 24.0. The third kappa shape index (κ3) is 7.97. The Labute approximate surface area is 209 Å². The number of ether oxygens (including phenoxy) is 2. The van der Waals surface area contributed by atoms with E-state index in [1.165, 1.54) is 25.3 Å². The number of aromatic amines is 1. The first-order chi connectivity index (χ1) is 17.4. The number of carbonyl (C=O) groups excluding carboxylic acids is 2. The summed E-state index contributed by atoms with van der Waals surface area (Å²) in [6.45, 7) is 0.399. The molecule has 0 radical (unpaired) electrons. The number of primary amides is 1. The van der Waals surface area contributed by atoms with Crippen molar-refractivity contribution in [3.05, 3.63) is 71.7 Å². The SMILES string of the molecule is COc1cc(/C=C/C(=O)N(C)CCCCCc2cc(-c3cccc(F)c3)n[nH]2)ccc1OCC(N)=O. The van der Waals surface area contributed by atoms with E-state index >= 15 is 0 Å². The van der Waals surface area contributed by atoms with Gasteiger partial charge < -0.3 is 20.1 Å². The van der Waals surface area contributed by atoms with E-state index in [-0.39, 0.29) is 18.3 Å². The fourth-order valence-electron chi connectivity index (χ4n) is 3.59. The topological polar surface area (TPSA) is 111 Å². The second-order valence-electron chi connectivity index (χ2n) is 8.36. The van der Waals surface area contributed by atoms with Gasteiger partial charge in [-0.1, -0.05) is 24.6 Å². The fraction of sp³-hybridized carbons (Fsp3) is 0.296. The molecule has 2 aromatic carbocycles. The van der Waals surface area contributed by atoms with E-state index < -0.39 is 5.91 Å². The molecule has 0 aliphatic heterocycles. The zero-order chi connectivity index (χ0) is 25.9. The molecule has 0 bridgehead atoms. The number of carbonyl (C=O) groups is 2. The minimum atomic E-state index is -0.578. The van der Waals surface area contributed by atoms with E-state index in [1.807, 2.05) is 12.1 Å². The van der Waals surface area contributed by atoms with Crippen LogP contribution in [0.5, 0.6) is 11.5 Å². The molecule has 0 saturated heterocycles. The number of H-pyrrole nitrogens is 1. The van der Waals surface area contributed by atoms with Crippen LogP contribution < -0.4 is 15.2 Å². The number of hydrogen-bond donors (Lipinski definition) is 2. The van der Waals surface area contributed by atoms with Crippen molar-refractivity contribution in [1.82, 2.24) is 15.1 Å². The fourth-order valence-corrected chi connectivity index (χ4v) is 3.59. The molecule has 0 atom stereocenters. The minimum Gasteiger partial charge on any atom is -0.493 e. The molecule has 3 N–H and O–H groups in total. The monoisotopic (exact) mass is 494 g/mol. The van der Waals surface area contributed by atoms with Gasteiger partial charge in [-0.15, -0.1) is 0 Å². The van der Waals surface area contributed by atoms with Crippen LogP contribution in [0.25, 0.3) is 17.3 Å². The summed E-state index contributed by atoms with van der Waals surface area (Å²) in [7, 11) is 3.27. The largest absolute Gasteiger partial charge is 0.493 e. The molecule has 0 fully saturated rings. The van der Waals surface area contributed by atoms with E-state index in [9.17, 15) is 14.0 Å². The lowest BCUT2D eigenvalue weighted by Crippen LogP contribution is -2.25. The molecule has 1 heterocycles. The van der Waals surface area contributed by atoms with Crippen molar-refractivity contribution in [3.63, 3.8) is 0 Å². The summed E-state index contributed by atoms with van der Waals surface area (Å²) >= 11 is 0. The second-order valence-corrected chi connectivity index (χ2v) is 8.36. The smallest absolute Gasteiger partial charge is 0.255 e. The Bertz CT molecular complexity index is 1210. The molecule has 190 valence electrons. The molecule has 1 aromatic heterocycles. The first kappa shape index (κ1) is 26.5. The molecular weight excluding hydrogens is 463 g/mol.